The van der Waals surface area contributed by atoms with Crippen molar-refractivity contribution in [3.8, 4) is 11.3 Å². The zero-order valence-corrected chi connectivity index (χ0v) is 9.04. The van der Waals surface area contributed by atoms with E-state index in [0.29, 0.717) is 0 Å². The van der Waals surface area contributed by atoms with Gasteiger partial charge in [0.2, 0.25) is 0 Å². The Balaban J connectivity index is 2.27. The van der Waals surface area contributed by atoms with Gasteiger partial charge in [0, 0.05) is 16.3 Å². The van der Waals surface area contributed by atoms with Crippen molar-refractivity contribution in [2.24, 2.45) is 0 Å². The van der Waals surface area contributed by atoms with Crippen LogP contribution >= 0.6 is 11.3 Å². The minimum Gasteiger partial charge on any atom is -0.464 e. The molecule has 0 saturated carbocycles. The molecular weight excluding hydrogens is 206 g/mol. The molecule has 3 aromatic rings. The summed E-state index contributed by atoms with van der Waals surface area (Å²) >= 11 is 1.66. The van der Waals surface area contributed by atoms with Crippen LogP contribution in [0.15, 0.2) is 40.3 Å². The summed E-state index contributed by atoms with van der Waals surface area (Å²) in [6, 6.07) is 8.02. The first-order valence-corrected chi connectivity index (χ1v) is 5.61. The summed E-state index contributed by atoms with van der Waals surface area (Å²) in [6.07, 6.45) is 1.78. The predicted molar refractivity (Wildman–Crippen MR) is 62.1 cm³/mol. The molecule has 3 rings (SSSR count). The van der Waals surface area contributed by atoms with Crippen molar-refractivity contribution < 1.29 is 4.42 Å². The number of furan rings is 1. The maximum atomic E-state index is 5.48. The molecule has 2 nitrogen and oxygen atoms in total. The van der Waals surface area contributed by atoms with E-state index in [1.54, 1.807) is 17.6 Å². The molecule has 74 valence electrons. The van der Waals surface area contributed by atoms with Crippen LogP contribution in [0.3, 0.4) is 0 Å². The molecule has 2 aromatic heterocycles. The van der Waals surface area contributed by atoms with E-state index in [2.05, 4.69) is 16.4 Å². The van der Waals surface area contributed by atoms with E-state index in [4.69, 9.17) is 4.42 Å². The van der Waals surface area contributed by atoms with Crippen LogP contribution in [0.4, 0.5) is 0 Å². The highest BCUT2D eigenvalue weighted by Gasteiger charge is 2.09. The van der Waals surface area contributed by atoms with Crippen LogP contribution in [-0.2, 0) is 0 Å². The lowest BCUT2D eigenvalue weighted by molar-refractivity contribution is 0.617. The molecule has 0 bridgehead atoms. The van der Waals surface area contributed by atoms with Gasteiger partial charge in [-0.05, 0) is 13.0 Å². The van der Waals surface area contributed by atoms with Crippen LogP contribution in [0.1, 0.15) is 5.01 Å². The number of hydrogen-bond acceptors (Lipinski definition) is 3. The maximum absolute atomic E-state index is 5.48. The topological polar surface area (TPSA) is 26.0 Å². The molecule has 0 aliphatic carbocycles. The summed E-state index contributed by atoms with van der Waals surface area (Å²) in [5.41, 5.74) is 3.00. The van der Waals surface area contributed by atoms with Gasteiger partial charge in [0.05, 0.1) is 10.7 Å². The number of para-hydroxylation sites is 1. The highest BCUT2D eigenvalue weighted by molar-refractivity contribution is 7.09. The Morgan fingerprint density at radius 2 is 2.13 bits per heavy atom. The minimum absolute atomic E-state index is 0.915. The van der Waals surface area contributed by atoms with Crippen molar-refractivity contribution in [1.29, 1.82) is 0 Å². The lowest BCUT2D eigenvalue weighted by Gasteiger charge is -1.90. The summed E-state index contributed by atoms with van der Waals surface area (Å²) in [4.78, 5) is 4.46. The average molecular weight is 215 g/mol. The van der Waals surface area contributed by atoms with Gasteiger partial charge in [-0.3, -0.25) is 0 Å². The quantitative estimate of drug-likeness (QED) is 0.616. The Kier molecular flexibility index (Phi) is 1.86. The molecule has 1 aromatic carbocycles. The predicted octanol–water partition coefficient (Wildman–Crippen LogP) is 3.86. The van der Waals surface area contributed by atoms with Crippen LogP contribution in [0.2, 0.25) is 0 Å². The Hall–Kier alpha value is -1.61. The Labute approximate surface area is 91.2 Å². The lowest BCUT2D eigenvalue weighted by Crippen LogP contribution is -1.75. The largest absolute Gasteiger partial charge is 0.464 e. The van der Waals surface area contributed by atoms with Crippen LogP contribution in [0.5, 0.6) is 0 Å². The SMILES string of the molecule is Cc1nc(-c2coc3ccccc23)cs1. The van der Waals surface area contributed by atoms with Crippen LogP contribution < -0.4 is 0 Å². The molecule has 0 aliphatic heterocycles. The van der Waals surface area contributed by atoms with Gasteiger partial charge >= 0.3 is 0 Å². The molecule has 3 heteroatoms. The van der Waals surface area contributed by atoms with Crippen molar-refractivity contribution in [2.75, 3.05) is 0 Å². The number of fused-ring (bicyclic) bond motifs is 1. The summed E-state index contributed by atoms with van der Waals surface area (Å²) in [7, 11) is 0. The van der Waals surface area contributed by atoms with E-state index in [-0.39, 0.29) is 0 Å². The first-order chi connectivity index (χ1) is 7.34. The Morgan fingerprint density at radius 1 is 1.27 bits per heavy atom. The molecule has 0 saturated heterocycles. The van der Waals surface area contributed by atoms with E-state index in [1.807, 2.05) is 25.1 Å². The van der Waals surface area contributed by atoms with Crippen molar-refractivity contribution in [2.45, 2.75) is 6.92 Å². The summed E-state index contributed by atoms with van der Waals surface area (Å²) in [5.74, 6) is 0. The highest BCUT2D eigenvalue weighted by Crippen LogP contribution is 2.30. The van der Waals surface area contributed by atoms with Gasteiger partial charge in [0.15, 0.2) is 0 Å². The molecule has 2 heterocycles. The molecule has 0 atom stereocenters. The molecule has 0 fully saturated rings. The second-order valence-corrected chi connectivity index (χ2v) is 4.46. The van der Waals surface area contributed by atoms with Gasteiger partial charge in [0.1, 0.15) is 11.8 Å². The van der Waals surface area contributed by atoms with Crippen molar-refractivity contribution in [3.05, 3.63) is 40.9 Å². The van der Waals surface area contributed by atoms with E-state index >= 15 is 0 Å². The Bertz CT molecular complexity index is 609. The standard InChI is InChI=1S/C12H9NOS/c1-8-13-11(7-15-8)10-6-14-12-5-3-2-4-9(10)12/h2-7H,1H3. The number of aromatic nitrogens is 1. The molecule has 15 heavy (non-hydrogen) atoms. The van der Waals surface area contributed by atoms with Gasteiger partial charge < -0.3 is 4.42 Å². The molecular formula is C12H9NOS. The van der Waals surface area contributed by atoms with Gasteiger partial charge in [-0.1, -0.05) is 18.2 Å². The summed E-state index contributed by atoms with van der Waals surface area (Å²) in [5, 5.41) is 4.27. The van der Waals surface area contributed by atoms with Crippen LogP contribution in [0.25, 0.3) is 22.2 Å². The fourth-order valence-corrected chi connectivity index (χ4v) is 2.28. The van der Waals surface area contributed by atoms with Crippen molar-refractivity contribution in [1.82, 2.24) is 4.98 Å². The maximum Gasteiger partial charge on any atom is 0.134 e. The van der Waals surface area contributed by atoms with E-state index in [9.17, 15) is 0 Å². The first-order valence-electron chi connectivity index (χ1n) is 4.73. The van der Waals surface area contributed by atoms with Crippen molar-refractivity contribution in [3.63, 3.8) is 0 Å². The molecule has 0 radical (unpaired) electrons. The average Bonchev–Trinajstić information content (AvgIpc) is 2.83. The van der Waals surface area contributed by atoms with E-state index in [1.165, 1.54) is 0 Å². The molecule has 0 N–H and O–H groups in total. The third kappa shape index (κ3) is 1.36. The zero-order valence-electron chi connectivity index (χ0n) is 8.23. The zero-order chi connectivity index (χ0) is 10.3. The number of thiazole rings is 1. The second kappa shape index (κ2) is 3.21. The monoisotopic (exact) mass is 215 g/mol. The summed E-state index contributed by atoms with van der Waals surface area (Å²) < 4.78 is 5.48. The van der Waals surface area contributed by atoms with Crippen LogP contribution in [0, 0.1) is 6.92 Å². The lowest BCUT2D eigenvalue weighted by atomic mass is 10.1. The number of nitrogens with zero attached hydrogens (tertiary/aromatic N) is 1. The smallest absolute Gasteiger partial charge is 0.134 e. The van der Waals surface area contributed by atoms with Gasteiger partial charge in [0.25, 0.3) is 0 Å². The molecule has 0 aliphatic rings. The fraction of sp³-hybridized carbons (Fsp3) is 0.0833. The summed E-state index contributed by atoms with van der Waals surface area (Å²) in [6.45, 7) is 2.01. The first kappa shape index (κ1) is 8.68. The molecule has 0 amide bonds. The molecule has 0 unspecified atom stereocenters. The number of rotatable bonds is 1. The number of benzene rings is 1. The molecule has 0 spiro atoms. The number of hydrogen-bond donors (Lipinski definition) is 0. The third-order valence-corrected chi connectivity index (χ3v) is 3.15. The highest BCUT2D eigenvalue weighted by atomic mass is 32.1. The van der Waals surface area contributed by atoms with Crippen molar-refractivity contribution >= 4 is 22.3 Å². The van der Waals surface area contributed by atoms with Crippen LogP contribution in [-0.4, -0.2) is 4.98 Å². The van der Waals surface area contributed by atoms with Gasteiger partial charge in [-0.25, -0.2) is 4.98 Å². The third-order valence-electron chi connectivity index (χ3n) is 2.38. The van der Waals surface area contributed by atoms with E-state index in [0.717, 1.165) is 27.2 Å². The second-order valence-electron chi connectivity index (χ2n) is 3.40. The normalized spacial score (nSPS) is 11.0. The van der Waals surface area contributed by atoms with Gasteiger partial charge in [-0.15, -0.1) is 11.3 Å². The Morgan fingerprint density at radius 3 is 2.93 bits per heavy atom. The minimum atomic E-state index is 0.915. The fourth-order valence-electron chi connectivity index (χ4n) is 1.66. The van der Waals surface area contributed by atoms with E-state index < -0.39 is 0 Å². The van der Waals surface area contributed by atoms with Gasteiger partial charge in [-0.2, -0.15) is 0 Å². The number of aryl methyl sites for hydroxylation is 1.